The van der Waals surface area contributed by atoms with E-state index in [2.05, 4.69) is 25.9 Å². The molecule has 5 rings (SSSR count). The van der Waals surface area contributed by atoms with Crippen molar-refractivity contribution in [3.63, 3.8) is 0 Å². The van der Waals surface area contributed by atoms with Crippen LogP contribution in [0.4, 0.5) is 13.2 Å². The number of benzene rings is 1. The van der Waals surface area contributed by atoms with Crippen molar-refractivity contribution in [3.8, 4) is 11.4 Å². The van der Waals surface area contributed by atoms with E-state index in [1.165, 1.54) is 31.7 Å². The highest BCUT2D eigenvalue weighted by Gasteiger charge is 2.42. The first-order valence-corrected chi connectivity index (χ1v) is 13.4. The Labute approximate surface area is 196 Å². The van der Waals surface area contributed by atoms with E-state index >= 15 is 0 Å². The molecule has 3 aliphatic rings. The summed E-state index contributed by atoms with van der Waals surface area (Å²) >= 11 is 0. The fourth-order valence-corrected chi connectivity index (χ4v) is 7.65. The van der Waals surface area contributed by atoms with Crippen molar-refractivity contribution in [2.24, 2.45) is 22.9 Å². The number of nitrogens with one attached hydrogen (secondary N) is 2. The molecule has 1 unspecified atom stereocenters. The van der Waals surface area contributed by atoms with E-state index in [0.29, 0.717) is 17.5 Å². The number of hydrogen-bond acceptors (Lipinski definition) is 6. The van der Waals surface area contributed by atoms with Crippen molar-refractivity contribution < 1.29 is 21.6 Å². The average molecular weight is 499 g/mol. The molecule has 0 spiro atoms. The summed E-state index contributed by atoms with van der Waals surface area (Å²) in [4.78, 5) is -0.980. The van der Waals surface area contributed by atoms with Gasteiger partial charge in [-0.2, -0.15) is 18.4 Å². The average Bonchev–Trinajstić information content (AvgIpc) is 3.52. The SMILES string of the molecule is NS(=O)(=O)c1c(C(F)(F)F)ccc(C2CCC(CC3CC[C@H]4NCC[C@@H]34)CC2)c1-c1nn[nH]n1. The van der Waals surface area contributed by atoms with Crippen LogP contribution in [0.2, 0.25) is 0 Å². The van der Waals surface area contributed by atoms with Crippen LogP contribution in [0.15, 0.2) is 17.0 Å². The zero-order chi connectivity index (χ0) is 24.1. The molecule has 2 aromatic rings. The normalized spacial score (nSPS) is 29.9. The predicted molar refractivity (Wildman–Crippen MR) is 118 cm³/mol. The largest absolute Gasteiger partial charge is 0.417 e. The van der Waals surface area contributed by atoms with E-state index in [0.717, 1.165) is 50.1 Å². The van der Waals surface area contributed by atoms with Gasteiger partial charge >= 0.3 is 6.18 Å². The Bertz CT molecular complexity index is 1130. The van der Waals surface area contributed by atoms with Crippen LogP contribution in [0.5, 0.6) is 0 Å². The maximum absolute atomic E-state index is 13.7. The van der Waals surface area contributed by atoms with Crippen molar-refractivity contribution >= 4 is 10.0 Å². The first-order chi connectivity index (χ1) is 16.1. The lowest BCUT2D eigenvalue weighted by atomic mass is 9.73. The van der Waals surface area contributed by atoms with Gasteiger partial charge in [0.1, 0.15) is 4.90 Å². The number of nitrogens with two attached hydrogens (primary N) is 1. The summed E-state index contributed by atoms with van der Waals surface area (Å²) < 4.78 is 65.9. The van der Waals surface area contributed by atoms with E-state index in [-0.39, 0.29) is 17.3 Å². The van der Waals surface area contributed by atoms with Gasteiger partial charge in [-0.15, -0.1) is 10.2 Å². The molecular formula is C22H29F3N6O2S. The van der Waals surface area contributed by atoms with Crippen LogP contribution in [-0.4, -0.2) is 41.6 Å². The van der Waals surface area contributed by atoms with Gasteiger partial charge in [0.25, 0.3) is 0 Å². The number of rotatable bonds is 5. The molecule has 3 atom stereocenters. The number of H-pyrrole nitrogens is 1. The Hall–Kier alpha value is -2.05. The molecule has 1 aromatic heterocycles. The summed E-state index contributed by atoms with van der Waals surface area (Å²) in [5.74, 6) is 1.81. The van der Waals surface area contributed by atoms with Crippen molar-refractivity contribution in [2.75, 3.05) is 6.54 Å². The summed E-state index contributed by atoms with van der Waals surface area (Å²) in [5.41, 5.74) is -1.02. The maximum Gasteiger partial charge on any atom is 0.417 e. The topological polar surface area (TPSA) is 127 Å². The van der Waals surface area contributed by atoms with Gasteiger partial charge < -0.3 is 5.32 Å². The molecule has 34 heavy (non-hydrogen) atoms. The lowest BCUT2D eigenvalue weighted by Gasteiger charge is -2.32. The molecule has 1 aliphatic heterocycles. The highest BCUT2D eigenvalue weighted by molar-refractivity contribution is 7.89. The minimum Gasteiger partial charge on any atom is -0.314 e. The quantitative estimate of drug-likeness (QED) is 0.578. The summed E-state index contributed by atoms with van der Waals surface area (Å²) in [6.07, 6.45) is 3.52. The van der Waals surface area contributed by atoms with Gasteiger partial charge in [0.05, 0.1) is 5.56 Å². The van der Waals surface area contributed by atoms with E-state index in [1.54, 1.807) is 0 Å². The number of hydrogen-bond donors (Lipinski definition) is 3. The molecule has 2 saturated carbocycles. The van der Waals surface area contributed by atoms with Gasteiger partial charge in [-0.25, -0.2) is 13.6 Å². The summed E-state index contributed by atoms with van der Waals surface area (Å²) in [6.45, 7) is 1.11. The molecule has 0 radical (unpaired) electrons. The first-order valence-electron chi connectivity index (χ1n) is 11.9. The molecule has 1 saturated heterocycles. The van der Waals surface area contributed by atoms with Crippen LogP contribution in [0.1, 0.15) is 68.4 Å². The zero-order valence-corrected chi connectivity index (χ0v) is 19.5. The molecule has 186 valence electrons. The number of primary sulfonamides is 1. The van der Waals surface area contributed by atoms with Gasteiger partial charge in [-0.1, -0.05) is 6.07 Å². The third-order valence-corrected chi connectivity index (χ3v) is 9.12. The molecule has 8 nitrogen and oxygen atoms in total. The number of alkyl halides is 3. The smallest absolute Gasteiger partial charge is 0.314 e. The number of halogens is 3. The Morgan fingerprint density at radius 3 is 2.47 bits per heavy atom. The lowest BCUT2D eigenvalue weighted by Crippen LogP contribution is -2.25. The second-order valence-electron chi connectivity index (χ2n) is 9.99. The number of tetrazole rings is 1. The monoisotopic (exact) mass is 498 g/mol. The second-order valence-corrected chi connectivity index (χ2v) is 11.5. The maximum atomic E-state index is 13.7. The van der Waals surface area contributed by atoms with Crippen LogP contribution < -0.4 is 10.5 Å². The van der Waals surface area contributed by atoms with Crippen LogP contribution in [0.25, 0.3) is 11.4 Å². The summed E-state index contributed by atoms with van der Waals surface area (Å²) in [7, 11) is -4.72. The minimum atomic E-state index is -4.90. The fourth-order valence-electron chi connectivity index (χ4n) is 6.66. The molecule has 12 heteroatoms. The number of aromatic amines is 1. The molecule has 1 aromatic carbocycles. The third kappa shape index (κ3) is 4.47. The van der Waals surface area contributed by atoms with Crippen molar-refractivity contribution in [1.29, 1.82) is 0 Å². The van der Waals surface area contributed by atoms with Gasteiger partial charge in [-0.3, -0.25) is 0 Å². The van der Waals surface area contributed by atoms with Crippen LogP contribution in [-0.2, 0) is 16.2 Å². The number of sulfonamides is 1. The molecule has 0 amide bonds. The molecular weight excluding hydrogens is 469 g/mol. The van der Waals surface area contributed by atoms with Crippen molar-refractivity contribution in [2.45, 2.75) is 74.4 Å². The third-order valence-electron chi connectivity index (χ3n) is 8.13. The number of nitrogens with zero attached hydrogens (tertiary/aromatic N) is 3. The number of aromatic nitrogens is 4. The molecule has 0 bridgehead atoms. The first kappa shape index (κ1) is 23.7. The zero-order valence-electron chi connectivity index (χ0n) is 18.7. The molecule has 2 aliphatic carbocycles. The lowest BCUT2D eigenvalue weighted by molar-refractivity contribution is -0.139. The van der Waals surface area contributed by atoms with Crippen molar-refractivity contribution in [1.82, 2.24) is 25.9 Å². The molecule has 2 heterocycles. The van der Waals surface area contributed by atoms with E-state index in [9.17, 15) is 21.6 Å². The molecule has 3 fully saturated rings. The Morgan fingerprint density at radius 2 is 1.82 bits per heavy atom. The van der Waals surface area contributed by atoms with Gasteiger partial charge in [-0.05, 0) is 98.4 Å². The summed E-state index contributed by atoms with van der Waals surface area (Å²) in [6, 6.07) is 2.85. The Kier molecular flexibility index (Phi) is 6.18. The highest BCUT2D eigenvalue weighted by Crippen LogP contribution is 2.48. The Balaban J connectivity index is 1.42. The van der Waals surface area contributed by atoms with Gasteiger partial charge in [0.15, 0.2) is 0 Å². The van der Waals surface area contributed by atoms with E-state index in [4.69, 9.17) is 5.14 Å². The van der Waals surface area contributed by atoms with Gasteiger partial charge in [0.2, 0.25) is 15.8 Å². The van der Waals surface area contributed by atoms with Gasteiger partial charge in [0, 0.05) is 11.6 Å². The predicted octanol–water partition coefficient (Wildman–Crippen LogP) is 3.58. The van der Waals surface area contributed by atoms with Crippen LogP contribution in [0, 0.1) is 17.8 Å². The standard InChI is InChI=1S/C22H29F3N6O2S/c23-22(24,25)17-7-6-16(19(20(17)34(26,32)33)21-28-30-31-29-21)13-3-1-12(2-4-13)11-14-5-8-18-15(14)9-10-27-18/h6-7,12-15,18,27H,1-5,8-11H2,(H2,26,32,33)(H,28,29,30,31)/t12?,13?,14?,15-,18+/m0/s1. The van der Waals surface area contributed by atoms with E-state index < -0.39 is 26.7 Å². The summed E-state index contributed by atoms with van der Waals surface area (Å²) in [5, 5.41) is 22.2. The fraction of sp³-hybridized carbons (Fsp3) is 0.682. The minimum absolute atomic E-state index is 0.1000. The van der Waals surface area contributed by atoms with Crippen molar-refractivity contribution in [3.05, 3.63) is 23.3 Å². The van der Waals surface area contributed by atoms with Crippen LogP contribution in [0.3, 0.4) is 0 Å². The van der Waals surface area contributed by atoms with Crippen LogP contribution >= 0.6 is 0 Å². The second kappa shape index (κ2) is 8.87. The number of fused-ring (bicyclic) bond motifs is 1. The Morgan fingerprint density at radius 1 is 1.06 bits per heavy atom. The highest BCUT2D eigenvalue weighted by atomic mass is 32.2. The van der Waals surface area contributed by atoms with E-state index in [1.807, 2.05) is 0 Å². The molecule has 4 N–H and O–H groups in total.